The summed E-state index contributed by atoms with van der Waals surface area (Å²) in [5.41, 5.74) is -1.18. The van der Waals surface area contributed by atoms with Crippen molar-refractivity contribution in [2.45, 2.75) is 25.4 Å². The van der Waals surface area contributed by atoms with Gasteiger partial charge in [0.15, 0.2) is 6.23 Å². The average molecular weight is 288 g/mol. The van der Waals surface area contributed by atoms with Crippen LogP contribution in [0.4, 0.5) is 0 Å². The van der Waals surface area contributed by atoms with Crippen molar-refractivity contribution in [2.24, 2.45) is 5.92 Å². The lowest BCUT2D eigenvalue weighted by atomic mass is 10.0. The van der Waals surface area contributed by atoms with E-state index in [1.54, 1.807) is 6.92 Å². The van der Waals surface area contributed by atoms with Crippen molar-refractivity contribution in [3.8, 4) is 0 Å². The van der Waals surface area contributed by atoms with Gasteiger partial charge >= 0.3 is 14.4 Å². The molecule has 0 saturated carbocycles. The fourth-order valence-corrected chi connectivity index (χ4v) is 2.22. The lowest BCUT2D eigenvalue weighted by Crippen LogP contribution is -2.35. The van der Waals surface area contributed by atoms with E-state index in [0.29, 0.717) is 0 Å². The summed E-state index contributed by atoms with van der Waals surface area (Å²) >= 11 is 0. The molecule has 104 valence electrons. The lowest BCUT2D eigenvalue weighted by Gasteiger charge is -2.17. The van der Waals surface area contributed by atoms with Crippen molar-refractivity contribution in [3.05, 3.63) is 33.1 Å². The Balaban J connectivity index is 2.23. The number of nitrogens with one attached hydrogen (secondary N) is 1. The van der Waals surface area contributed by atoms with E-state index in [1.165, 1.54) is 12.3 Å². The molecule has 9 heteroatoms. The predicted molar refractivity (Wildman–Crippen MR) is 64.0 cm³/mol. The van der Waals surface area contributed by atoms with E-state index < -0.39 is 38.4 Å². The van der Waals surface area contributed by atoms with Crippen molar-refractivity contribution >= 4 is 8.69 Å². The van der Waals surface area contributed by atoms with E-state index in [2.05, 4.69) is 4.98 Å². The molecule has 0 radical (unpaired) electrons. The second kappa shape index (κ2) is 5.75. The maximum Gasteiger partial charge on any atom is 0.330 e. The van der Waals surface area contributed by atoms with Crippen LogP contribution in [0.2, 0.25) is 0 Å². The zero-order chi connectivity index (χ0) is 14.0. The molecule has 2 heterocycles. The average Bonchev–Trinajstić information content (AvgIpc) is 2.64. The molecule has 2 N–H and O–H groups in total. The number of nitrogens with zero attached hydrogens (tertiary/aromatic N) is 1. The van der Waals surface area contributed by atoms with Crippen molar-refractivity contribution in [1.29, 1.82) is 0 Å². The molecule has 0 unspecified atom stereocenters. The molecule has 0 bridgehead atoms. The standard InChI is InChI=1S/C10H13N2O6P/c1-5-6(4-17-19-16)18-9(8(5)14)12-3-2-7(13)11-10(12)15/h2-3,5-6,8-9,14H,4H2,1H3,(H,11,13,15)/t5-,6-,8-,9-/m1/s1. The Morgan fingerprint density at radius 2 is 2.32 bits per heavy atom. The molecule has 4 atom stereocenters. The van der Waals surface area contributed by atoms with E-state index in [0.717, 1.165) is 4.57 Å². The minimum absolute atomic E-state index is 0.0396. The van der Waals surface area contributed by atoms with Crippen LogP contribution in [0.3, 0.4) is 0 Å². The predicted octanol–water partition coefficient (Wildman–Crippen LogP) is -0.346. The molecule has 1 aromatic heterocycles. The summed E-state index contributed by atoms with van der Waals surface area (Å²) in [7, 11) is -0.470. The zero-order valence-electron chi connectivity index (χ0n) is 10.1. The number of hydrogen-bond acceptors (Lipinski definition) is 6. The summed E-state index contributed by atoms with van der Waals surface area (Å²) in [6.07, 6.45) is -1.06. The Labute approximate surface area is 109 Å². The van der Waals surface area contributed by atoms with Gasteiger partial charge in [0.2, 0.25) is 0 Å². The molecule has 8 nitrogen and oxygen atoms in total. The van der Waals surface area contributed by atoms with E-state index >= 15 is 0 Å². The molecule has 0 amide bonds. The zero-order valence-corrected chi connectivity index (χ0v) is 10.9. The number of aromatic amines is 1. The van der Waals surface area contributed by atoms with Crippen molar-refractivity contribution in [2.75, 3.05) is 6.61 Å². The highest BCUT2D eigenvalue weighted by molar-refractivity contribution is 7.17. The number of hydrogen-bond donors (Lipinski definition) is 2. The van der Waals surface area contributed by atoms with Crippen molar-refractivity contribution < 1.29 is 18.9 Å². The number of aliphatic hydroxyl groups is 1. The first-order valence-electron chi connectivity index (χ1n) is 5.64. The Hall–Kier alpha value is -1.34. The fourth-order valence-electron chi connectivity index (χ4n) is 2.02. The van der Waals surface area contributed by atoms with Crippen molar-refractivity contribution in [1.82, 2.24) is 9.55 Å². The van der Waals surface area contributed by atoms with E-state index in [4.69, 9.17) is 9.26 Å². The quantitative estimate of drug-likeness (QED) is 0.733. The number of aromatic nitrogens is 2. The molecule has 0 aliphatic carbocycles. The van der Waals surface area contributed by atoms with Gasteiger partial charge in [-0.2, -0.15) is 0 Å². The van der Waals surface area contributed by atoms with Gasteiger partial charge in [-0.25, -0.2) is 9.36 Å². The number of aliphatic hydroxyl groups excluding tert-OH is 1. The lowest BCUT2D eigenvalue weighted by molar-refractivity contribution is -0.0495. The molecule has 1 aliphatic rings. The van der Waals surface area contributed by atoms with Gasteiger partial charge in [-0.1, -0.05) is 6.92 Å². The summed E-state index contributed by atoms with van der Waals surface area (Å²) < 4.78 is 21.6. The number of H-pyrrole nitrogens is 1. The molecular weight excluding hydrogens is 275 g/mol. The molecule has 1 aromatic rings. The maximum absolute atomic E-state index is 11.6. The minimum Gasteiger partial charge on any atom is -0.388 e. The van der Waals surface area contributed by atoms with Gasteiger partial charge in [-0.15, -0.1) is 0 Å². The largest absolute Gasteiger partial charge is 0.388 e. The Bertz CT molecular complexity index is 570. The Morgan fingerprint density at radius 3 is 2.95 bits per heavy atom. The fraction of sp³-hybridized carbons (Fsp3) is 0.600. The van der Waals surface area contributed by atoms with E-state index in [-0.39, 0.29) is 12.5 Å². The second-order valence-electron chi connectivity index (χ2n) is 4.30. The molecule has 0 spiro atoms. The smallest absolute Gasteiger partial charge is 0.330 e. The van der Waals surface area contributed by atoms with Gasteiger partial charge < -0.3 is 9.84 Å². The summed E-state index contributed by atoms with van der Waals surface area (Å²) in [5, 5.41) is 10.1. The highest BCUT2D eigenvalue weighted by Crippen LogP contribution is 2.33. The highest BCUT2D eigenvalue weighted by atomic mass is 31.1. The van der Waals surface area contributed by atoms with Gasteiger partial charge in [-0.05, 0) is 0 Å². The molecule has 19 heavy (non-hydrogen) atoms. The van der Waals surface area contributed by atoms with Gasteiger partial charge in [0, 0.05) is 18.2 Å². The monoisotopic (exact) mass is 288 g/mol. The summed E-state index contributed by atoms with van der Waals surface area (Å²) in [6.45, 7) is 1.77. The third-order valence-corrected chi connectivity index (χ3v) is 3.40. The van der Waals surface area contributed by atoms with Crippen LogP contribution in [0.15, 0.2) is 21.9 Å². The van der Waals surface area contributed by atoms with Gasteiger partial charge in [0.25, 0.3) is 5.56 Å². The topological polar surface area (TPSA) is 111 Å². The SMILES string of the molecule is C[C@H]1[C@@H](O)[C@H](n2ccc(=O)[nH]c2=O)O[C@@H]1COP=O. The molecule has 0 aromatic carbocycles. The Kier molecular flexibility index (Phi) is 4.26. The molecule has 1 fully saturated rings. The number of ether oxygens (including phenoxy) is 1. The summed E-state index contributed by atoms with van der Waals surface area (Å²) in [4.78, 5) is 24.7. The second-order valence-corrected chi connectivity index (χ2v) is 4.71. The van der Waals surface area contributed by atoms with Gasteiger partial charge in [0.1, 0.15) is 6.10 Å². The van der Waals surface area contributed by atoms with Crippen LogP contribution in [0.1, 0.15) is 13.2 Å². The normalized spacial score (nSPS) is 30.8. The van der Waals surface area contributed by atoms with Crippen LogP contribution in [0.25, 0.3) is 0 Å². The first-order chi connectivity index (χ1) is 9.04. The summed E-state index contributed by atoms with van der Waals surface area (Å²) in [6, 6.07) is 1.17. The first-order valence-corrected chi connectivity index (χ1v) is 6.37. The van der Waals surface area contributed by atoms with Gasteiger partial charge in [0.05, 0.1) is 12.7 Å². The van der Waals surface area contributed by atoms with Crippen LogP contribution in [-0.4, -0.2) is 33.5 Å². The summed E-state index contributed by atoms with van der Waals surface area (Å²) in [5.74, 6) is -0.300. The van der Waals surface area contributed by atoms with E-state index in [9.17, 15) is 19.3 Å². The van der Waals surface area contributed by atoms with Crippen molar-refractivity contribution in [3.63, 3.8) is 0 Å². The van der Waals surface area contributed by atoms with Crippen LogP contribution < -0.4 is 11.2 Å². The molecule has 1 saturated heterocycles. The molecule has 1 aliphatic heterocycles. The Morgan fingerprint density at radius 1 is 1.58 bits per heavy atom. The number of rotatable bonds is 4. The van der Waals surface area contributed by atoms with Crippen LogP contribution in [0, 0.1) is 5.92 Å². The van der Waals surface area contributed by atoms with Crippen LogP contribution in [-0.2, 0) is 13.8 Å². The third-order valence-electron chi connectivity index (χ3n) is 3.15. The third kappa shape index (κ3) is 2.82. The minimum atomic E-state index is -0.930. The maximum atomic E-state index is 11.6. The van der Waals surface area contributed by atoms with Crippen LogP contribution in [0.5, 0.6) is 0 Å². The molecule has 2 rings (SSSR count). The van der Waals surface area contributed by atoms with Gasteiger partial charge in [-0.3, -0.25) is 18.9 Å². The highest BCUT2D eigenvalue weighted by Gasteiger charge is 2.42. The first kappa shape index (κ1) is 14.1. The van der Waals surface area contributed by atoms with Crippen LogP contribution >= 0.6 is 8.69 Å². The molecular formula is C10H13N2O6P. The van der Waals surface area contributed by atoms with E-state index in [1.807, 2.05) is 0 Å².